The number of nitrogen functional groups attached to an aromatic ring is 1. The molecule has 1 aliphatic rings. The number of benzene rings is 1. The van der Waals surface area contributed by atoms with Crippen molar-refractivity contribution in [3.8, 4) is 5.75 Å². The number of hydrogen-bond acceptors (Lipinski definition) is 3. The van der Waals surface area contributed by atoms with Crippen LogP contribution in [0.5, 0.6) is 5.75 Å². The maximum atomic E-state index is 12.5. The third kappa shape index (κ3) is 2.72. The quantitative estimate of drug-likeness (QED) is 0.907. The summed E-state index contributed by atoms with van der Waals surface area (Å²) in [7, 11) is 1.59. The van der Waals surface area contributed by atoms with E-state index < -0.39 is 0 Å². The standard InChI is InChI=1S/C16H19N3O2/c1-10-3-6-15(21-2)13(7-10)18-16(20)14-8-11(17)9-19(14)12-4-5-12/h3,6-9,12H,4-5,17H2,1-2H3,(H,18,20). The highest BCUT2D eigenvalue weighted by molar-refractivity contribution is 6.04. The number of aromatic nitrogens is 1. The third-order valence-electron chi connectivity index (χ3n) is 3.65. The minimum Gasteiger partial charge on any atom is -0.495 e. The molecule has 0 saturated heterocycles. The van der Waals surface area contributed by atoms with Crippen LogP contribution in [0.3, 0.4) is 0 Å². The smallest absolute Gasteiger partial charge is 0.272 e. The van der Waals surface area contributed by atoms with Gasteiger partial charge in [-0.15, -0.1) is 0 Å². The van der Waals surface area contributed by atoms with Gasteiger partial charge in [0.05, 0.1) is 18.5 Å². The van der Waals surface area contributed by atoms with Crippen LogP contribution in [0.2, 0.25) is 0 Å². The predicted molar refractivity (Wildman–Crippen MR) is 82.8 cm³/mol. The van der Waals surface area contributed by atoms with Gasteiger partial charge >= 0.3 is 0 Å². The number of methoxy groups -OCH3 is 1. The van der Waals surface area contributed by atoms with Crippen molar-refractivity contribution in [2.24, 2.45) is 0 Å². The summed E-state index contributed by atoms with van der Waals surface area (Å²) in [5.41, 5.74) is 8.77. The Balaban J connectivity index is 1.88. The highest BCUT2D eigenvalue weighted by Gasteiger charge is 2.28. The van der Waals surface area contributed by atoms with Gasteiger partial charge in [0.25, 0.3) is 5.91 Å². The van der Waals surface area contributed by atoms with E-state index in [1.54, 1.807) is 13.2 Å². The summed E-state index contributed by atoms with van der Waals surface area (Å²) in [6.45, 7) is 1.97. The number of hydrogen-bond donors (Lipinski definition) is 2. The number of ether oxygens (including phenoxy) is 1. The Hall–Kier alpha value is -2.43. The number of nitrogens with one attached hydrogen (secondary N) is 1. The molecule has 5 heteroatoms. The Labute approximate surface area is 123 Å². The number of amides is 1. The Kier molecular flexibility index (Phi) is 3.33. The average Bonchev–Trinajstić information content (AvgIpc) is 3.21. The van der Waals surface area contributed by atoms with Crippen LogP contribution in [0, 0.1) is 6.92 Å². The van der Waals surface area contributed by atoms with E-state index in [0.29, 0.717) is 28.9 Å². The Morgan fingerprint density at radius 1 is 1.38 bits per heavy atom. The average molecular weight is 285 g/mol. The van der Waals surface area contributed by atoms with E-state index in [4.69, 9.17) is 10.5 Å². The minimum atomic E-state index is -0.164. The monoisotopic (exact) mass is 285 g/mol. The first-order chi connectivity index (χ1) is 10.1. The number of anilines is 2. The molecule has 0 aliphatic heterocycles. The maximum Gasteiger partial charge on any atom is 0.272 e. The number of nitrogens with zero attached hydrogens (tertiary/aromatic N) is 1. The number of aryl methyl sites for hydroxylation is 1. The van der Waals surface area contributed by atoms with Gasteiger partial charge in [0, 0.05) is 12.2 Å². The van der Waals surface area contributed by atoms with Gasteiger partial charge in [0.15, 0.2) is 0 Å². The van der Waals surface area contributed by atoms with Crippen molar-refractivity contribution in [2.45, 2.75) is 25.8 Å². The molecule has 0 bridgehead atoms. The van der Waals surface area contributed by atoms with Gasteiger partial charge in [-0.1, -0.05) is 6.07 Å². The molecule has 0 spiro atoms. The molecule has 1 aromatic carbocycles. The zero-order valence-electron chi connectivity index (χ0n) is 12.2. The Bertz CT molecular complexity index is 687. The lowest BCUT2D eigenvalue weighted by Crippen LogP contribution is -2.16. The summed E-state index contributed by atoms with van der Waals surface area (Å²) in [5.74, 6) is 0.481. The van der Waals surface area contributed by atoms with E-state index in [1.165, 1.54) is 0 Å². The number of rotatable bonds is 4. The molecule has 110 valence electrons. The zero-order chi connectivity index (χ0) is 15.0. The minimum absolute atomic E-state index is 0.164. The van der Waals surface area contributed by atoms with Gasteiger partial charge in [0.1, 0.15) is 11.4 Å². The summed E-state index contributed by atoms with van der Waals surface area (Å²) in [6.07, 6.45) is 4.03. The summed E-state index contributed by atoms with van der Waals surface area (Å²) >= 11 is 0. The fourth-order valence-corrected chi connectivity index (χ4v) is 2.44. The second-order valence-electron chi connectivity index (χ2n) is 5.45. The molecule has 1 fully saturated rings. The molecule has 1 amide bonds. The van der Waals surface area contributed by atoms with Crippen molar-refractivity contribution < 1.29 is 9.53 Å². The van der Waals surface area contributed by atoms with Gasteiger partial charge in [-0.3, -0.25) is 4.79 Å². The van der Waals surface area contributed by atoms with E-state index in [1.807, 2.05) is 35.9 Å². The van der Waals surface area contributed by atoms with Gasteiger partial charge < -0.3 is 20.4 Å². The number of nitrogens with two attached hydrogens (primary N) is 1. The molecule has 0 radical (unpaired) electrons. The van der Waals surface area contributed by atoms with Gasteiger partial charge in [-0.2, -0.15) is 0 Å². The lowest BCUT2D eigenvalue weighted by molar-refractivity contribution is 0.101. The first-order valence-electron chi connectivity index (χ1n) is 7.02. The summed E-state index contributed by atoms with van der Waals surface area (Å²) < 4.78 is 7.25. The fourth-order valence-electron chi connectivity index (χ4n) is 2.44. The van der Waals surface area contributed by atoms with Crippen LogP contribution in [0.4, 0.5) is 11.4 Å². The molecule has 1 aromatic heterocycles. The van der Waals surface area contributed by atoms with Crippen LogP contribution >= 0.6 is 0 Å². The first-order valence-corrected chi connectivity index (χ1v) is 7.02. The second-order valence-corrected chi connectivity index (χ2v) is 5.45. The highest BCUT2D eigenvalue weighted by Crippen LogP contribution is 2.37. The largest absolute Gasteiger partial charge is 0.495 e. The molecule has 21 heavy (non-hydrogen) atoms. The van der Waals surface area contributed by atoms with E-state index >= 15 is 0 Å². The van der Waals surface area contributed by atoms with Crippen LogP contribution < -0.4 is 15.8 Å². The van der Waals surface area contributed by atoms with Crippen molar-refractivity contribution >= 4 is 17.3 Å². The second kappa shape index (κ2) is 5.16. The highest BCUT2D eigenvalue weighted by atomic mass is 16.5. The van der Waals surface area contributed by atoms with Gasteiger partial charge in [-0.05, 0) is 43.5 Å². The Morgan fingerprint density at radius 2 is 2.14 bits per heavy atom. The molecular weight excluding hydrogens is 266 g/mol. The normalized spacial score (nSPS) is 14.0. The molecule has 1 saturated carbocycles. The SMILES string of the molecule is COc1ccc(C)cc1NC(=O)c1cc(N)cn1C1CC1. The molecule has 0 unspecified atom stereocenters. The molecule has 5 nitrogen and oxygen atoms in total. The van der Waals surface area contributed by atoms with Crippen LogP contribution in [0.1, 0.15) is 34.9 Å². The molecular formula is C16H19N3O2. The van der Waals surface area contributed by atoms with Crippen molar-refractivity contribution in [1.29, 1.82) is 0 Å². The molecule has 1 heterocycles. The van der Waals surface area contributed by atoms with Crippen LogP contribution in [-0.4, -0.2) is 17.6 Å². The van der Waals surface area contributed by atoms with E-state index in [2.05, 4.69) is 5.32 Å². The molecule has 3 rings (SSSR count). The molecule has 2 aromatic rings. The summed E-state index contributed by atoms with van der Waals surface area (Å²) in [5, 5.41) is 2.91. The zero-order valence-corrected chi connectivity index (χ0v) is 12.2. The topological polar surface area (TPSA) is 69.3 Å². The summed E-state index contributed by atoms with van der Waals surface area (Å²) in [6, 6.07) is 7.81. The van der Waals surface area contributed by atoms with Crippen molar-refractivity contribution in [3.63, 3.8) is 0 Å². The van der Waals surface area contributed by atoms with Crippen molar-refractivity contribution in [2.75, 3.05) is 18.2 Å². The molecule has 3 N–H and O–H groups in total. The van der Waals surface area contributed by atoms with E-state index in [-0.39, 0.29) is 5.91 Å². The van der Waals surface area contributed by atoms with Crippen LogP contribution in [0.15, 0.2) is 30.5 Å². The van der Waals surface area contributed by atoms with Crippen molar-refractivity contribution in [1.82, 2.24) is 4.57 Å². The maximum absolute atomic E-state index is 12.5. The van der Waals surface area contributed by atoms with Gasteiger partial charge in [0.2, 0.25) is 0 Å². The predicted octanol–water partition coefficient (Wildman–Crippen LogP) is 2.97. The number of carbonyl (C=O) groups excluding carboxylic acids is 1. The number of carbonyl (C=O) groups is 1. The van der Waals surface area contributed by atoms with Crippen LogP contribution in [-0.2, 0) is 0 Å². The van der Waals surface area contributed by atoms with E-state index in [0.717, 1.165) is 18.4 Å². The Morgan fingerprint density at radius 3 is 2.81 bits per heavy atom. The molecule has 0 atom stereocenters. The van der Waals surface area contributed by atoms with Gasteiger partial charge in [-0.25, -0.2) is 0 Å². The van der Waals surface area contributed by atoms with Crippen molar-refractivity contribution in [3.05, 3.63) is 41.7 Å². The van der Waals surface area contributed by atoms with Crippen LogP contribution in [0.25, 0.3) is 0 Å². The third-order valence-corrected chi connectivity index (χ3v) is 3.65. The lowest BCUT2D eigenvalue weighted by Gasteiger charge is -2.12. The first kappa shape index (κ1) is 13.5. The molecule has 1 aliphatic carbocycles. The lowest BCUT2D eigenvalue weighted by atomic mass is 10.2. The fraction of sp³-hybridized carbons (Fsp3) is 0.312. The van der Waals surface area contributed by atoms with E-state index in [9.17, 15) is 4.79 Å². The summed E-state index contributed by atoms with van der Waals surface area (Å²) in [4.78, 5) is 12.5.